The lowest BCUT2D eigenvalue weighted by molar-refractivity contribution is -0.145. The highest BCUT2D eigenvalue weighted by atomic mass is 16.6. The van der Waals surface area contributed by atoms with Crippen LogP contribution in [0.25, 0.3) is 12.2 Å². The first kappa shape index (κ1) is 41.1. The highest BCUT2D eigenvalue weighted by Crippen LogP contribution is 2.29. The van der Waals surface area contributed by atoms with Crippen LogP contribution in [0.2, 0.25) is 0 Å². The maximum Gasteiger partial charge on any atom is 0.243 e. The summed E-state index contributed by atoms with van der Waals surface area (Å²) >= 11 is 0. The molecule has 4 N–H and O–H groups in total. The Kier molecular flexibility index (Phi) is 17.9. The molecule has 1 saturated heterocycles. The van der Waals surface area contributed by atoms with Crippen molar-refractivity contribution in [3.8, 4) is 0 Å². The highest BCUT2D eigenvalue weighted by molar-refractivity contribution is 5.98. The molecule has 15 nitrogen and oxygen atoms in total. The number of nitrogens with one attached hydrogen (secondary N) is 2. The Morgan fingerprint density at radius 3 is 2.06 bits per heavy atom. The maximum absolute atomic E-state index is 13.3. The maximum atomic E-state index is 13.3. The minimum absolute atomic E-state index is 0.0824. The number of carbonyl (C=O) groups excluding carboxylic acids is 5. The van der Waals surface area contributed by atoms with Crippen molar-refractivity contribution in [3.63, 3.8) is 0 Å². The van der Waals surface area contributed by atoms with Crippen LogP contribution in [0.1, 0.15) is 48.8 Å². The van der Waals surface area contributed by atoms with Crippen LogP contribution in [0.15, 0.2) is 48.5 Å². The van der Waals surface area contributed by atoms with Gasteiger partial charge in [-0.1, -0.05) is 54.6 Å². The number of likely N-dealkylation sites (tertiary alicyclic amines) is 1. The molecular weight excluding hydrogens is 686 g/mol. The van der Waals surface area contributed by atoms with Crippen LogP contribution in [0, 0.1) is 0 Å². The second kappa shape index (κ2) is 23.1. The second-order valence-electron chi connectivity index (χ2n) is 12.4. The lowest BCUT2D eigenvalue weighted by atomic mass is 10.0. The van der Waals surface area contributed by atoms with E-state index in [4.69, 9.17) is 29.4 Å². The van der Waals surface area contributed by atoms with Gasteiger partial charge < -0.3 is 49.9 Å². The van der Waals surface area contributed by atoms with E-state index in [1.807, 2.05) is 54.6 Å². The number of primary amides is 1. The minimum atomic E-state index is -0.602. The average molecular weight is 738 g/mol. The van der Waals surface area contributed by atoms with Crippen molar-refractivity contribution in [1.82, 2.24) is 15.5 Å². The van der Waals surface area contributed by atoms with E-state index in [1.165, 1.54) is 4.90 Å². The molecule has 1 fully saturated rings. The molecule has 0 spiro atoms. The van der Waals surface area contributed by atoms with Crippen LogP contribution >= 0.6 is 0 Å². The van der Waals surface area contributed by atoms with Gasteiger partial charge in [0.2, 0.25) is 29.5 Å². The quantitative estimate of drug-likeness (QED) is 0.142. The molecular formula is C38H51N5O10. The third-order valence-electron chi connectivity index (χ3n) is 8.45. The van der Waals surface area contributed by atoms with Gasteiger partial charge in [0.05, 0.1) is 71.6 Å². The number of nitrogens with zero attached hydrogens (tertiary/aromatic N) is 2. The Hall–Kier alpha value is -4.67. The van der Waals surface area contributed by atoms with Crippen LogP contribution in [-0.4, -0.2) is 120 Å². The zero-order valence-corrected chi connectivity index (χ0v) is 30.1. The van der Waals surface area contributed by atoms with E-state index in [0.29, 0.717) is 72.3 Å². The van der Waals surface area contributed by atoms with Crippen molar-refractivity contribution < 1.29 is 47.7 Å². The summed E-state index contributed by atoms with van der Waals surface area (Å²) in [5.74, 6) is -1.52. The summed E-state index contributed by atoms with van der Waals surface area (Å²) in [6.45, 7) is 3.46. The zero-order chi connectivity index (χ0) is 37.7. The lowest BCUT2D eigenvalue weighted by Gasteiger charge is -2.27. The molecule has 0 bridgehead atoms. The Morgan fingerprint density at radius 1 is 0.698 bits per heavy atom. The Labute approximate surface area is 310 Å². The summed E-state index contributed by atoms with van der Waals surface area (Å²) in [5.41, 5.74) is 8.98. The Bertz CT molecular complexity index is 1540. The molecule has 2 aromatic carbocycles. The van der Waals surface area contributed by atoms with Crippen molar-refractivity contribution in [2.75, 3.05) is 84.0 Å². The molecule has 0 saturated carbocycles. The number of fused-ring (bicyclic) bond motifs is 2. The molecule has 1 atom stereocenters. The van der Waals surface area contributed by atoms with Crippen molar-refractivity contribution in [2.45, 2.75) is 44.9 Å². The van der Waals surface area contributed by atoms with Gasteiger partial charge in [-0.25, -0.2) is 0 Å². The second-order valence-corrected chi connectivity index (χ2v) is 12.4. The molecule has 2 aliphatic rings. The SMILES string of the molecule is NC(=O)COC1CCCN1C(=O)CNC(=O)CCOCCOCCOCCOCCNC(=O)CCC(=O)N1Cc2ccccc2/C=C\c2ccccc21. The van der Waals surface area contributed by atoms with E-state index in [0.717, 1.165) is 28.8 Å². The standard InChI is InChI=1S/C38H51N5O10/c39-33(44)28-53-38-10-5-17-42(38)37(48)26-41-35(46)15-18-49-20-22-51-24-25-52-23-21-50-19-16-40-34(45)13-14-36(47)43-27-31-8-2-1-6-29(31)11-12-30-7-3-4-9-32(30)43/h1-4,6-9,11-12,38H,5,10,13-28H2,(H2,39,44)(H,40,45)(H,41,46)/b12-11-. The number of ether oxygens (including phenoxy) is 5. The topological polar surface area (TPSA) is 188 Å². The molecule has 0 radical (unpaired) electrons. The van der Waals surface area contributed by atoms with E-state index in [1.54, 1.807) is 4.90 Å². The van der Waals surface area contributed by atoms with Crippen LogP contribution in [-0.2, 0) is 54.2 Å². The van der Waals surface area contributed by atoms with Gasteiger partial charge in [-0.15, -0.1) is 0 Å². The molecule has 0 aliphatic carbocycles. The highest BCUT2D eigenvalue weighted by Gasteiger charge is 2.29. The van der Waals surface area contributed by atoms with Gasteiger partial charge in [-0.3, -0.25) is 24.0 Å². The molecule has 2 aromatic rings. The number of rotatable bonds is 23. The number of anilines is 1. The third kappa shape index (κ3) is 14.7. The van der Waals surface area contributed by atoms with Crippen LogP contribution in [0.3, 0.4) is 0 Å². The first-order valence-electron chi connectivity index (χ1n) is 18.0. The van der Waals surface area contributed by atoms with Crippen LogP contribution in [0.4, 0.5) is 5.69 Å². The summed E-state index contributed by atoms with van der Waals surface area (Å²) in [7, 11) is 0. The van der Waals surface area contributed by atoms with Crippen LogP contribution in [0.5, 0.6) is 0 Å². The number of hydrogen-bond donors (Lipinski definition) is 3. The van der Waals surface area contributed by atoms with E-state index in [2.05, 4.69) is 16.7 Å². The van der Waals surface area contributed by atoms with Gasteiger partial charge in [0.1, 0.15) is 12.8 Å². The van der Waals surface area contributed by atoms with Crippen molar-refractivity contribution in [1.29, 1.82) is 0 Å². The largest absolute Gasteiger partial charge is 0.379 e. The number of amides is 5. The lowest BCUT2D eigenvalue weighted by Crippen LogP contribution is -2.44. The number of benzene rings is 2. The van der Waals surface area contributed by atoms with E-state index in [9.17, 15) is 24.0 Å². The first-order chi connectivity index (χ1) is 25.8. The molecule has 53 heavy (non-hydrogen) atoms. The van der Waals surface area contributed by atoms with E-state index >= 15 is 0 Å². The fraction of sp³-hybridized carbons (Fsp3) is 0.500. The molecule has 288 valence electrons. The summed E-state index contributed by atoms with van der Waals surface area (Å²) < 4.78 is 27.2. The minimum Gasteiger partial charge on any atom is -0.379 e. The third-order valence-corrected chi connectivity index (χ3v) is 8.45. The smallest absolute Gasteiger partial charge is 0.243 e. The van der Waals surface area contributed by atoms with E-state index in [-0.39, 0.29) is 62.6 Å². The molecule has 15 heteroatoms. The molecule has 4 rings (SSSR count). The molecule has 1 unspecified atom stereocenters. The summed E-state index contributed by atoms with van der Waals surface area (Å²) in [5, 5.41) is 5.38. The van der Waals surface area contributed by atoms with Gasteiger partial charge in [-0.05, 0) is 35.6 Å². The Balaban J connectivity index is 0.939. The van der Waals surface area contributed by atoms with Crippen molar-refractivity contribution in [2.24, 2.45) is 5.73 Å². The first-order valence-corrected chi connectivity index (χ1v) is 18.0. The predicted molar refractivity (Wildman–Crippen MR) is 196 cm³/mol. The van der Waals surface area contributed by atoms with Crippen LogP contribution < -0.4 is 21.3 Å². The fourth-order valence-corrected chi connectivity index (χ4v) is 5.74. The molecule has 2 heterocycles. The van der Waals surface area contributed by atoms with Crippen molar-refractivity contribution >= 4 is 47.4 Å². The van der Waals surface area contributed by atoms with Crippen molar-refractivity contribution in [3.05, 3.63) is 65.2 Å². The number of carbonyl (C=O) groups is 5. The number of nitrogens with two attached hydrogens (primary N) is 1. The predicted octanol–water partition coefficient (Wildman–Crippen LogP) is 1.62. The van der Waals surface area contributed by atoms with Gasteiger partial charge in [0.25, 0.3) is 0 Å². The van der Waals surface area contributed by atoms with E-state index < -0.39 is 12.1 Å². The number of para-hydroxylation sites is 1. The summed E-state index contributed by atoms with van der Waals surface area (Å²) in [6.07, 6.45) is 5.22. The molecule has 0 aromatic heterocycles. The van der Waals surface area contributed by atoms with Gasteiger partial charge >= 0.3 is 0 Å². The summed E-state index contributed by atoms with van der Waals surface area (Å²) in [4.78, 5) is 64.3. The number of hydrogen-bond acceptors (Lipinski definition) is 10. The Morgan fingerprint density at radius 2 is 1.32 bits per heavy atom. The monoisotopic (exact) mass is 737 g/mol. The normalized spacial score (nSPS) is 15.5. The zero-order valence-electron chi connectivity index (χ0n) is 30.1. The fourth-order valence-electron chi connectivity index (χ4n) is 5.74. The van der Waals surface area contributed by atoms with Gasteiger partial charge in [0, 0.05) is 32.4 Å². The molecule has 5 amide bonds. The average Bonchev–Trinajstić information content (AvgIpc) is 3.63. The van der Waals surface area contributed by atoms with Gasteiger partial charge in [-0.2, -0.15) is 0 Å². The summed E-state index contributed by atoms with van der Waals surface area (Å²) in [6, 6.07) is 15.7. The molecule has 2 aliphatic heterocycles. The van der Waals surface area contributed by atoms with Gasteiger partial charge in [0.15, 0.2) is 0 Å².